The van der Waals surface area contributed by atoms with Crippen molar-refractivity contribution in [2.45, 2.75) is 19.0 Å². The van der Waals surface area contributed by atoms with Gasteiger partial charge in [-0.05, 0) is 4.83 Å². The molecule has 0 spiro atoms. The first-order valence-corrected chi connectivity index (χ1v) is 4.31. The smallest absolute Gasteiger partial charge is 0.302 e. The van der Waals surface area contributed by atoms with Gasteiger partial charge in [0.15, 0.2) is 5.67 Å². The summed E-state index contributed by atoms with van der Waals surface area (Å²) in [6, 6.07) is 0. The van der Waals surface area contributed by atoms with Crippen LogP contribution >= 0.6 is 15.9 Å². The summed E-state index contributed by atoms with van der Waals surface area (Å²) in [5.74, 6) is 1.90. The zero-order valence-corrected chi connectivity index (χ0v) is 8.15. The lowest BCUT2D eigenvalue weighted by atomic mass is 10.3. The standard InChI is InChI=1S/C8H8BrFO2/c1-6(11)12-5-8(10)4-7(8)2-3-9/h7H,4-5H2,1H3. The first-order chi connectivity index (χ1) is 5.58. The van der Waals surface area contributed by atoms with Crippen LogP contribution in [-0.4, -0.2) is 18.2 Å². The summed E-state index contributed by atoms with van der Waals surface area (Å²) in [6.45, 7) is 1.09. The number of carbonyl (C=O) groups is 1. The fourth-order valence-corrected chi connectivity index (χ4v) is 1.18. The second-order valence-electron chi connectivity index (χ2n) is 2.81. The highest BCUT2D eigenvalue weighted by molar-refractivity contribution is 9.12. The number of hydrogen-bond acceptors (Lipinski definition) is 2. The molecule has 0 heterocycles. The van der Waals surface area contributed by atoms with Gasteiger partial charge in [-0.2, -0.15) is 0 Å². The molecule has 1 rings (SSSR count). The summed E-state index contributed by atoms with van der Waals surface area (Å²) in [4.78, 5) is 12.8. The second-order valence-corrected chi connectivity index (χ2v) is 3.21. The fraction of sp³-hybridized carbons (Fsp3) is 0.625. The maximum atomic E-state index is 13.3. The number of hydrogen-bond donors (Lipinski definition) is 0. The van der Waals surface area contributed by atoms with Crippen LogP contribution in [0.2, 0.25) is 0 Å². The van der Waals surface area contributed by atoms with E-state index in [4.69, 9.17) is 0 Å². The van der Waals surface area contributed by atoms with Crippen LogP contribution in [0.1, 0.15) is 13.3 Å². The Morgan fingerprint density at radius 3 is 3.08 bits per heavy atom. The summed E-state index contributed by atoms with van der Waals surface area (Å²) in [5, 5.41) is 0. The van der Waals surface area contributed by atoms with Crippen LogP contribution in [0, 0.1) is 16.7 Å². The molecule has 4 heteroatoms. The topological polar surface area (TPSA) is 26.3 Å². The molecule has 66 valence electrons. The van der Waals surface area contributed by atoms with Crippen molar-refractivity contribution in [3.8, 4) is 10.8 Å². The van der Waals surface area contributed by atoms with Crippen LogP contribution in [0.25, 0.3) is 0 Å². The van der Waals surface area contributed by atoms with E-state index in [2.05, 4.69) is 31.4 Å². The Morgan fingerprint density at radius 2 is 2.58 bits per heavy atom. The summed E-state index contributed by atoms with van der Waals surface area (Å²) in [5.41, 5.74) is -1.40. The molecule has 0 aliphatic heterocycles. The van der Waals surface area contributed by atoms with Crippen LogP contribution < -0.4 is 0 Å². The van der Waals surface area contributed by atoms with Crippen molar-refractivity contribution in [1.82, 2.24) is 0 Å². The number of rotatable bonds is 2. The third kappa shape index (κ3) is 2.21. The lowest BCUT2D eigenvalue weighted by molar-refractivity contribution is -0.143. The molecule has 0 bridgehead atoms. The van der Waals surface area contributed by atoms with Gasteiger partial charge in [-0.15, -0.1) is 0 Å². The minimum Gasteiger partial charge on any atom is -0.462 e. The third-order valence-corrected chi connectivity index (χ3v) is 1.98. The largest absolute Gasteiger partial charge is 0.462 e. The van der Waals surface area contributed by atoms with Crippen molar-refractivity contribution in [2.24, 2.45) is 5.92 Å². The molecular weight excluding hydrogens is 227 g/mol. The number of halogens is 2. The zero-order valence-electron chi connectivity index (χ0n) is 6.56. The molecule has 1 aliphatic rings. The van der Waals surface area contributed by atoms with E-state index in [-0.39, 0.29) is 12.5 Å². The number of carbonyl (C=O) groups excluding carboxylic acids is 1. The summed E-state index contributed by atoms with van der Waals surface area (Å²) in [6.07, 6.45) is 0.360. The molecule has 0 amide bonds. The van der Waals surface area contributed by atoms with Crippen molar-refractivity contribution in [3.05, 3.63) is 0 Å². The highest BCUT2D eigenvalue weighted by Gasteiger charge is 2.55. The van der Waals surface area contributed by atoms with Gasteiger partial charge in [0.1, 0.15) is 6.61 Å². The predicted octanol–water partition coefficient (Wildman–Crippen LogP) is 1.63. The van der Waals surface area contributed by atoms with E-state index < -0.39 is 11.6 Å². The molecule has 0 aromatic carbocycles. The van der Waals surface area contributed by atoms with Crippen LogP contribution in [0.3, 0.4) is 0 Å². The first kappa shape index (κ1) is 9.53. The Balaban J connectivity index is 2.33. The van der Waals surface area contributed by atoms with Gasteiger partial charge in [-0.25, -0.2) is 4.39 Å². The third-order valence-electron chi connectivity index (χ3n) is 1.75. The van der Waals surface area contributed by atoms with Crippen molar-refractivity contribution in [2.75, 3.05) is 6.61 Å². The maximum absolute atomic E-state index is 13.3. The van der Waals surface area contributed by atoms with Gasteiger partial charge < -0.3 is 4.74 Å². The van der Waals surface area contributed by atoms with Crippen LogP contribution in [-0.2, 0) is 9.53 Å². The van der Waals surface area contributed by atoms with Crippen molar-refractivity contribution >= 4 is 21.9 Å². The van der Waals surface area contributed by atoms with Gasteiger partial charge in [0.2, 0.25) is 0 Å². The molecule has 0 N–H and O–H groups in total. The monoisotopic (exact) mass is 234 g/mol. The van der Waals surface area contributed by atoms with E-state index in [1.807, 2.05) is 0 Å². The summed E-state index contributed by atoms with van der Waals surface area (Å²) >= 11 is 2.89. The van der Waals surface area contributed by atoms with E-state index in [0.717, 1.165) is 0 Å². The van der Waals surface area contributed by atoms with E-state index in [1.165, 1.54) is 6.92 Å². The van der Waals surface area contributed by atoms with E-state index in [0.29, 0.717) is 6.42 Å². The summed E-state index contributed by atoms with van der Waals surface area (Å²) < 4.78 is 17.9. The highest BCUT2D eigenvalue weighted by Crippen LogP contribution is 2.47. The molecule has 0 aromatic heterocycles. The van der Waals surface area contributed by atoms with Crippen LogP contribution in [0.15, 0.2) is 0 Å². The van der Waals surface area contributed by atoms with Gasteiger partial charge in [0.05, 0.1) is 5.92 Å². The molecule has 2 unspecified atom stereocenters. The first-order valence-electron chi connectivity index (χ1n) is 3.52. The lowest BCUT2D eigenvalue weighted by Gasteiger charge is -2.04. The lowest BCUT2D eigenvalue weighted by Crippen LogP contribution is -2.16. The number of esters is 1. The van der Waals surface area contributed by atoms with Crippen molar-refractivity contribution in [1.29, 1.82) is 0 Å². The molecule has 2 atom stereocenters. The van der Waals surface area contributed by atoms with E-state index >= 15 is 0 Å². The SMILES string of the molecule is CC(=O)OCC1(F)CC1C#CBr. The van der Waals surface area contributed by atoms with Crippen LogP contribution in [0.5, 0.6) is 0 Å². The Morgan fingerprint density at radius 1 is 1.92 bits per heavy atom. The average molecular weight is 235 g/mol. The molecular formula is C8H8BrFO2. The molecule has 2 nitrogen and oxygen atoms in total. The molecule has 1 saturated carbocycles. The summed E-state index contributed by atoms with van der Waals surface area (Å²) in [7, 11) is 0. The van der Waals surface area contributed by atoms with E-state index in [9.17, 15) is 9.18 Å². The number of ether oxygens (including phenoxy) is 1. The zero-order chi connectivity index (χ0) is 9.19. The maximum Gasteiger partial charge on any atom is 0.302 e. The van der Waals surface area contributed by atoms with Gasteiger partial charge in [-0.3, -0.25) is 4.79 Å². The normalized spacial score (nSPS) is 31.8. The molecule has 12 heavy (non-hydrogen) atoms. The van der Waals surface area contributed by atoms with E-state index in [1.54, 1.807) is 0 Å². The fourth-order valence-electron chi connectivity index (χ4n) is 0.908. The minimum atomic E-state index is -1.40. The Kier molecular flexibility index (Phi) is 2.73. The molecule has 1 fully saturated rings. The van der Waals surface area contributed by atoms with Crippen LogP contribution in [0.4, 0.5) is 4.39 Å². The molecule has 0 radical (unpaired) electrons. The van der Waals surface area contributed by atoms with Gasteiger partial charge in [0, 0.05) is 29.3 Å². The Bertz CT molecular complexity index is 256. The van der Waals surface area contributed by atoms with Crippen molar-refractivity contribution in [3.63, 3.8) is 0 Å². The van der Waals surface area contributed by atoms with Gasteiger partial charge >= 0.3 is 5.97 Å². The molecule has 1 aliphatic carbocycles. The van der Waals surface area contributed by atoms with Gasteiger partial charge in [0.25, 0.3) is 0 Å². The second kappa shape index (κ2) is 3.44. The van der Waals surface area contributed by atoms with Crippen molar-refractivity contribution < 1.29 is 13.9 Å². The minimum absolute atomic E-state index is 0.172. The van der Waals surface area contributed by atoms with Gasteiger partial charge in [-0.1, -0.05) is 5.92 Å². The number of alkyl halides is 1. The molecule has 0 aromatic rings. The Labute approximate surface area is 78.6 Å². The highest BCUT2D eigenvalue weighted by atomic mass is 79.9. The predicted molar refractivity (Wildman–Crippen MR) is 45.3 cm³/mol. The average Bonchev–Trinajstić information content (AvgIpc) is 2.60. The molecule has 0 saturated heterocycles. The quantitative estimate of drug-likeness (QED) is 0.537. The Hall–Kier alpha value is -0.560.